The highest BCUT2D eigenvalue weighted by atomic mass is 32.1. The number of esters is 1. The molecule has 2 N–H and O–H groups in total. The lowest BCUT2D eigenvalue weighted by Gasteiger charge is -2.11. The van der Waals surface area contributed by atoms with Gasteiger partial charge in [-0.25, -0.2) is 4.79 Å². The topological polar surface area (TPSA) is 109 Å². The summed E-state index contributed by atoms with van der Waals surface area (Å²) in [5, 5.41) is 11.9. The zero-order valence-electron chi connectivity index (χ0n) is 14.1. The first-order valence-corrected chi connectivity index (χ1v) is 8.15. The van der Waals surface area contributed by atoms with Gasteiger partial charge in [0, 0.05) is 11.6 Å². The third-order valence-electron chi connectivity index (χ3n) is 3.78. The van der Waals surface area contributed by atoms with Crippen LogP contribution in [0.5, 0.6) is 0 Å². The Bertz CT molecular complexity index is 978. The number of ether oxygens (including phenoxy) is 1. The van der Waals surface area contributed by atoms with Crippen LogP contribution in [0, 0.1) is 0 Å². The molecule has 0 bridgehead atoms. The molecule has 8 nitrogen and oxygen atoms in total. The number of carboxylic acids is 1. The number of carbonyl (C=O) groups excluding carboxylic acids is 2. The van der Waals surface area contributed by atoms with Crippen molar-refractivity contribution < 1.29 is 28.6 Å². The van der Waals surface area contributed by atoms with Gasteiger partial charge in [-0.05, 0) is 36.5 Å². The highest BCUT2D eigenvalue weighted by Gasteiger charge is 2.32. The van der Waals surface area contributed by atoms with Crippen molar-refractivity contribution in [2.24, 2.45) is 0 Å². The molecule has 2 heterocycles. The van der Waals surface area contributed by atoms with Crippen molar-refractivity contribution in [3.8, 4) is 11.3 Å². The van der Waals surface area contributed by atoms with Crippen LogP contribution in [0.3, 0.4) is 0 Å². The highest BCUT2D eigenvalue weighted by Crippen LogP contribution is 2.25. The van der Waals surface area contributed by atoms with Crippen molar-refractivity contribution in [3.05, 3.63) is 53.4 Å². The molecule has 0 aliphatic carbocycles. The largest absolute Gasteiger partial charge is 0.478 e. The van der Waals surface area contributed by atoms with Crippen LogP contribution in [-0.4, -0.2) is 46.6 Å². The van der Waals surface area contributed by atoms with Gasteiger partial charge in [0.1, 0.15) is 23.8 Å². The van der Waals surface area contributed by atoms with Gasteiger partial charge in [-0.15, -0.1) is 0 Å². The van der Waals surface area contributed by atoms with Gasteiger partial charge in [0.05, 0.1) is 12.7 Å². The molecule has 1 fully saturated rings. The van der Waals surface area contributed by atoms with E-state index in [1.807, 2.05) is 0 Å². The predicted octanol–water partition coefficient (Wildman–Crippen LogP) is 1.88. The Morgan fingerprint density at radius 2 is 2.11 bits per heavy atom. The number of amides is 1. The lowest BCUT2D eigenvalue weighted by molar-refractivity contribution is -0.143. The Morgan fingerprint density at radius 1 is 1.33 bits per heavy atom. The average molecular weight is 386 g/mol. The zero-order chi connectivity index (χ0) is 19.6. The number of benzene rings is 1. The number of furan rings is 1. The van der Waals surface area contributed by atoms with Gasteiger partial charge >= 0.3 is 11.9 Å². The molecule has 2 aromatic rings. The molecule has 1 saturated heterocycles. The number of hydrogen-bond acceptors (Lipinski definition) is 6. The second-order valence-electron chi connectivity index (χ2n) is 5.54. The molecular formula is C18H14N2O6S. The summed E-state index contributed by atoms with van der Waals surface area (Å²) < 4.78 is 10.2. The molecule has 3 rings (SSSR count). The average Bonchev–Trinajstić information content (AvgIpc) is 3.22. The molecule has 0 atom stereocenters. The van der Waals surface area contributed by atoms with E-state index < -0.39 is 17.8 Å². The molecule has 1 aromatic carbocycles. The van der Waals surface area contributed by atoms with Crippen LogP contribution in [0.4, 0.5) is 0 Å². The molecule has 1 aliphatic heterocycles. The van der Waals surface area contributed by atoms with E-state index in [1.165, 1.54) is 25.3 Å². The number of hydrogen-bond donors (Lipinski definition) is 2. The molecule has 0 spiro atoms. The molecule has 138 valence electrons. The standard InChI is InChI=1S/C18H14N2O6S/c1-25-15(21)9-20-16(22)13(19-18(20)27)8-12-5-6-14(26-12)10-3-2-4-11(7-10)17(23)24/h2-8H,9H2,1H3,(H,19,27)(H,23,24)/b13-8-. The Labute approximate surface area is 159 Å². The molecular weight excluding hydrogens is 372 g/mol. The van der Waals surface area contributed by atoms with Crippen molar-refractivity contribution in [1.29, 1.82) is 0 Å². The van der Waals surface area contributed by atoms with Crippen LogP contribution in [-0.2, 0) is 14.3 Å². The van der Waals surface area contributed by atoms with Crippen LogP contribution in [0.2, 0.25) is 0 Å². The number of carbonyl (C=O) groups is 3. The van der Waals surface area contributed by atoms with Crippen LogP contribution in [0.1, 0.15) is 16.1 Å². The molecule has 0 unspecified atom stereocenters. The Morgan fingerprint density at radius 3 is 2.81 bits per heavy atom. The first kappa shape index (κ1) is 18.3. The van der Waals surface area contributed by atoms with E-state index in [9.17, 15) is 14.4 Å². The minimum absolute atomic E-state index is 0.0950. The molecule has 1 amide bonds. The summed E-state index contributed by atoms with van der Waals surface area (Å²) in [6.07, 6.45) is 1.45. The Balaban J connectivity index is 1.82. The number of rotatable bonds is 5. The molecule has 27 heavy (non-hydrogen) atoms. The molecule has 1 aromatic heterocycles. The van der Waals surface area contributed by atoms with Gasteiger partial charge in [-0.3, -0.25) is 14.5 Å². The van der Waals surface area contributed by atoms with E-state index in [1.54, 1.807) is 24.3 Å². The van der Waals surface area contributed by atoms with Gasteiger partial charge in [0.15, 0.2) is 5.11 Å². The number of aromatic carboxylic acids is 1. The van der Waals surface area contributed by atoms with E-state index in [2.05, 4.69) is 10.1 Å². The first-order valence-electron chi connectivity index (χ1n) is 7.74. The maximum absolute atomic E-state index is 12.4. The fourth-order valence-electron chi connectivity index (χ4n) is 2.44. The van der Waals surface area contributed by atoms with E-state index in [-0.39, 0.29) is 22.9 Å². The fourth-order valence-corrected chi connectivity index (χ4v) is 2.70. The summed E-state index contributed by atoms with van der Waals surface area (Å²) >= 11 is 5.06. The summed E-state index contributed by atoms with van der Waals surface area (Å²) in [6, 6.07) is 9.60. The second-order valence-corrected chi connectivity index (χ2v) is 5.93. The fraction of sp³-hybridized carbons (Fsp3) is 0.111. The number of nitrogens with one attached hydrogen (secondary N) is 1. The number of thiocarbonyl (C=S) groups is 1. The van der Waals surface area contributed by atoms with Gasteiger partial charge in [0.2, 0.25) is 0 Å². The molecule has 0 radical (unpaired) electrons. The monoisotopic (exact) mass is 386 g/mol. The summed E-state index contributed by atoms with van der Waals surface area (Å²) in [5.74, 6) is -1.29. The van der Waals surface area contributed by atoms with Gasteiger partial charge in [0.25, 0.3) is 5.91 Å². The maximum Gasteiger partial charge on any atom is 0.335 e. The smallest absolute Gasteiger partial charge is 0.335 e. The Hall–Kier alpha value is -3.46. The number of methoxy groups -OCH3 is 1. The van der Waals surface area contributed by atoms with Crippen LogP contribution < -0.4 is 5.32 Å². The second kappa shape index (κ2) is 7.42. The van der Waals surface area contributed by atoms with Crippen molar-refractivity contribution in [3.63, 3.8) is 0 Å². The number of nitrogens with zero attached hydrogens (tertiary/aromatic N) is 1. The van der Waals surface area contributed by atoms with Crippen molar-refractivity contribution in [1.82, 2.24) is 10.2 Å². The minimum atomic E-state index is -1.04. The lowest BCUT2D eigenvalue weighted by Crippen LogP contribution is -2.35. The SMILES string of the molecule is COC(=O)CN1C(=O)/C(=C/c2ccc(-c3cccc(C(=O)O)c3)o2)NC1=S. The van der Waals surface area contributed by atoms with Crippen LogP contribution in [0.25, 0.3) is 17.4 Å². The summed E-state index contributed by atoms with van der Waals surface area (Å²) in [5.41, 5.74) is 0.887. The van der Waals surface area contributed by atoms with Crippen molar-refractivity contribution in [2.45, 2.75) is 0 Å². The maximum atomic E-state index is 12.4. The summed E-state index contributed by atoms with van der Waals surface area (Å²) in [7, 11) is 1.22. The molecule has 0 saturated carbocycles. The summed E-state index contributed by atoms with van der Waals surface area (Å²) in [6.45, 7) is -0.288. The minimum Gasteiger partial charge on any atom is -0.478 e. The zero-order valence-corrected chi connectivity index (χ0v) is 14.9. The quantitative estimate of drug-likeness (QED) is 0.455. The normalized spacial score (nSPS) is 15.1. The van der Waals surface area contributed by atoms with E-state index in [0.29, 0.717) is 17.1 Å². The predicted molar refractivity (Wildman–Crippen MR) is 98.5 cm³/mol. The third-order valence-corrected chi connectivity index (χ3v) is 4.11. The van der Waals surface area contributed by atoms with Gasteiger partial charge < -0.3 is 19.6 Å². The van der Waals surface area contributed by atoms with Crippen LogP contribution >= 0.6 is 12.2 Å². The van der Waals surface area contributed by atoms with Crippen molar-refractivity contribution in [2.75, 3.05) is 13.7 Å². The number of carboxylic acid groups (broad SMARTS) is 1. The van der Waals surface area contributed by atoms with Gasteiger partial charge in [-0.2, -0.15) is 0 Å². The molecule has 9 heteroatoms. The Kier molecular flexibility index (Phi) is 5.04. The summed E-state index contributed by atoms with van der Waals surface area (Å²) in [4.78, 5) is 35.9. The van der Waals surface area contributed by atoms with E-state index >= 15 is 0 Å². The lowest BCUT2D eigenvalue weighted by atomic mass is 10.1. The van der Waals surface area contributed by atoms with Crippen molar-refractivity contribution >= 4 is 41.3 Å². The van der Waals surface area contributed by atoms with E-state index in [4.69, 9.17) is 21.7 Å². The molecule has 1 aliphatic rings. The van der Waals surface area contributed by atoms with E-state index in [0.717, 1.165) is 4.90 Å². The third kappa shape index (κ3) is 3.87. The first-order chi connectivity index (χ1) is 12.9. The van der Waals surface area contributed by atoms with Gasteiger partial charge in [-0.1, -0.05) is 12.1 Å². The highest BCUT2D eigenvalue weighted by molar-refractivity contribution is 7.80. The van der Waals surface area contributed by atoms with Crippen LogP contribution in [0.15, 0.2) is 46.5 Å².